The summed E-state index contributed by atoms with van der Waals surface area (Å²) in [5, 5.41) is 11.0. The second-order valence-electron chi connectivity index (χ2n) is 3.37. The van der Waals surface area contributed by atoms with E-state index in [0.717, 1.165) is 9.35 Å². The van der Waals surface area contributed by atoms with Crippen LogP contribution in [0.15, 0.2) is 15.9 Å². The molecule has 4 nitrogen and oxygen atoms in total. The summed E-state index contributed by atoms with van der Waals surface area (Å²) in [4.78, 5) is 18.6. The van der Waals surface area contributed by atoms with Crippen molar-refractivity contribution in [3.05, 3.63) is 26.9 Å². The first-order valence-corrected chi connectivity index (χ1v) is 6.82. The molecule has 2 aromatic rings. The van der Waals surface area contributed by atoms with Crippen LogP contribution in [-0.4, -0.2) is 21.0 Å². The number of hydrogen-bond donors (Lipinski definition) is 2. The second-order valence-corrected chi connectivity index (χ2v) is 5.57. The minimum atomic E-state index is -0.849. The van der Waals surface area contributed by atoms with Gasteiger partial charge in [0, 0.05) is 16.3 Å². The Morgan fingerprint density at radius 2 is 2.41 bits per heavy atom. The summed E-state index contributed by atoms with van der Waals surface area (Å²) in [6.45, 7) is 0. The van der Waals surface area contributed by atoms with Crippen LogP contribution in [0.5, 0.6) is 0 Å². The van der Waals surface area contributed by atoms with Crippen LogP contribution in [0.2, 0.25) is 5.15 Å². The van der Waals surface area contributed by atoms with Crippen LogP contribution < -0.4 is 0 Å². The van der Waals surface area contributed by atoms with Crippen LogP contribution in [0.25, 0.3) is 10.6 Å². The van der Waals surface area contributed by atoms with Crippen LogP contribution in [0.1, 0.15) is 12.2 Å². The lowest BCUT2D eigenvalue weighted by Gasteiger charge is -1.91. The first-order chi connectivity index (χ1) is 8.06. The van der Waals surface area contributed by atoms with E-state index < -0.39 is 5.97 Å². The molecule has 0 radical (unpaired) electrons. The number of thiophene rings is 1. The van der Waals surface area contributed by atoms with Crippen molar-refractivity contribution in [1.82, 2.24) is 9.97 Å². The van der Waals surface area contributed by atoms with E-state index in [2.05, 4.69) is 25.9 Å². The monoisotopic (exact) mass is 334 g/mol. The van der Waals surface area contributed by atoms with Crippen LogP contribution in [0.3, 0.4) is 0 Å². The summed E-state index contributed by atoms with van der Waals surface area (Å²) >= 11 is 10.9. The van der Waals surface area contributed by atoms with Crippen LogP contribution >= 0.6 is 38.9 Å². The number of aryl methyl sites for hydroxylation is 1. The average Bonchev–Trinajstić information content (AvgIpc) is 2.82. The first kappa shape index (κ1) is 12.6. The number of imidazole rings is 1. The molecule has 0 atom stereocenters. The fourth-order valence-electron chi connectivity index (χ4n) is 1.34. The predicted molar refractivity (Wildman–Crippen MR) is 70.6 cm³/mol. The van der Waals surface area contributed by atoms with E-state index in [1.165, 1.54) is 11.3 Å². The van der Waals surface area contributed by atoms with E-state index >= 15 is 0 Å². The molecule has 17 heavy (non-hydrogen) atoms. The molecule has 0 saturated heterocycles. The van der Waals surface area contributed by atoms with E-state index in [1.54, 1.807) is 0 Å². The second kappa shape index (κ2) is 5.20. The zero-order valence-electron chi connectivity index (χ0n) is 8.54. The number of aromatic amines is 1. The van der Waals surface area contributed by atoms with E-state index in [0.29, 0.717) is 23.1 Å². The number of aromatic nitrogens is 2. The number of carbonyl (C=O) groups is 1. The summed E-state index contributed by atoms with van der Waals surface area (Å²) < 4.78 is 0.976. The molecule has 0 aliphatic carbocycles. The summed E-state index contributed by atoms with van der Waals surface area (Å²) in [6, 6.07) is 1.92. The van der Waals surface area contributed by atoms with Gasteiger partial charge in [0.1, 0.15) is 16.7 Å². The third-order valence-electron chi connectivity index (χ3n) is 2.09. The highest BCUT2D eigenvalue weighted by Crippen LogP contribution is 2.33. The van der Waals surface area contributed by atoms with Crippen molar-refractivity contribution < 1.29 is 9.90 Å². The Morgan fingerprint density at radius 1 is 1.65 bits per heavy atom. The van der Waals surface area contributed by atoms with Gasteiger partial charge in [-0.2, -0.15) is 0 Å². The standard InChI is InChI=1S/C10H8BrClN2O2S/c11-5-3-6(17-4-5)9-10(12)14-7(13-9)1-2-8(15)16/h3-4H,1-2H2,(H,13,14)(H,15,16). The van der Waals surface area contributed by atoms with Gasteiger partial charge in [-0.25, -0.2) is 4.98 Å². The third-order valence-corrected chi connectivity index (χ3v) is 4.06. The van der Waals surface area contributed by atoms with Gasteiger partial charge in [-0.1, -0.05) is 11.6 Å². The number of hydrogen-bond acceptors (Lipinski definition) is 3. The Hall–Kier alpha value is -0.850. The number of nitrogens with zero attached hydrogens (tertiary/aromatic N) is 1. The quantitative estimate of drug-likeness (QED) is 0.897. The van der Waals surface area contributed by atoms with E-state index in [9.17, 15) is 4.79 Å². The van der Waals surface area contributed by atoms with Gasteiger partial charge in [0.15, 0.2) is 0 Å². The molecular formula is C10H8BrClN2O2S. The van der Waals surface area contributed by atoms with Crippen molar-refractivity contribution in [2.75, 3.05) is 0 Å². The fourth-order valence-corrected chi connectivity index (χ4v) is 3.07. The van der Waals surface area contributed by atoms with Crippen molar-refractivity contribution in [3.63, 3.8) is 0 Å². The van der Waals surface area contributed by atoms with Gasteiger partial charge < -0.3 is 10.1 Å². The highest BCUT2D eigenvalue weighted by atomic mass is 79.9. The zero-order valence-corrected chi connectivity index (χ0v) is 11.7. The maximum Gasteiger partial charge on any atom is 0.303 e. The van der Waals surface area contributed by atoms with Gasteiger partial charge in [-0.15, -0.1) is 11.3 Å². The minimum absolute atomic E-state index is 0.0391. The van der Waals surface area contributed by atoms with Gasteiger partial charge >= 0.3 is 5.97 Å². The van der Waals surface area contributed by atoms with Gasteiger partial charge in [0.2, 0.25) is 0 Å². The molecule has 7 heteroatoms. The molecule has 2 N–H and O–H groups in total. The first-order valence-electron chi connectivity index (χ1n) is 4.77. The number of nitrogens with one attached hydrogen (secondary N) is 1. The van der Waals surface area contributed by atoms with Crippen molar-refractivity contribution in [2.24, 2.45) is 0 Å². The van der Waals surface area contributed by atoms with E-state index in [-0.39, 0.29) is 6.42 Å². The van der Waals surface area contributed by atoms with Crippen LogP contribution in [0, 0.1) is 0 Å². The molecule has 0 bridgehead atoms. The zero-order chi connectivity index (χ0) is 12.4. The average molecular weight is 336 g/mol. The molecule has 0 saturated carbocycles. The number of aliphatic carboxylic acids is 1. The van der Waals surface area contributed by atoms with Crippen molar-refractivity contribution in [3.8, 4) is 10.6 Å². The number of carboxylic acid groups (broad SMARTS) is 1. The lowest BCUT2D eigenvalue weighted by molar-refractivity contribution is -0.137. The summed E-state index contributed by atoms with van der Waals surface area (Å²) in [6.07, 6.45) is 0.388. The maximum atomic E-state index is 10.5. The van der Waals surface area contributed by atoms with Gasteiger partial charge in [-0.3, -0.25) is 4.79 Å². The van der Waals surface area contributed by atoms with Crippen LogP contribution in [0.4, 0.5) is 0 Å². The summed E-state index contributed by atoms with van der Waals surface area (Å²) in [5.41, 5.74) is 0.669. The maximum absolute atomic E-state index is 10.5. The lowest BCUT2D eigenvalue weighted by Crippen LogP contribution is -1.98. The van der Waals surface area contributed by atoms with Gasteiger partial charge in [0.05, 0.1) is 11.3 Å². The highest BCUT2D eigenvalue weighted by molar-refractivity contribution is 9.10. The molecule has 0 amide bonds. The minimum Gasteiger partial charge on any atom is -0.481 e. The Balaban J connectivity index is 2.21. The van der Waals surface area contributed by atoms with Crippen LogP contribution in [-0.2, 0) is 11.2 Å². The van der Waals surface area contributed by atoms with Crippen molar-refractivity contribution in [1.29, 1.82) is 0 Å². The third kappa shape index (κ3) is 3.08. The molecule has 0 aromatic carbocycles. The van der Waals surface area contributed by atoms with Gasteiger partial charge in [0.25, 0.3) is 0 Å². The fraction of sp³-hybridized carbons (Fsp3) is 0.200. The Morgan fingerprint density at radius 3 is 3.00 bits per heavy atom. The topological polar surface area (TPSA) is 66.0 Å². The molecule has 0 aliphatic heterocycles. The smallest absolute Gasteiger partial charge is 0.303 e. The molecule has 0 aliphatic rings. The van der Waals surface area contributed by atoms with Gasteiger partial charge in [-0.05, 0) is 22.0 Å². The Bertz CT molecular complexity index is 552. The number of halogens is 2. The van der Waals surface area contributed by atoms with E-state index in [1.807, 2.05) is 11.4 Å². The number of H-pyrrole nitrogens is 1. The Kier molecular flexibility index (Phi) is 3.86. The molecular weight excluding hydrogens is 328 g/mol. The summed E-state index contributed by atoms with van der Waals surface area (Å²) in [7, 11) is 0. The van der Waals surface area contributed by atoms with E-state index in [4.69, 9.17) is 16.7 Å². The number of rotatable bonds is 4. The molecule has 0 spiro atoms. The molecule has 2 heterocycles. The molecule has 90 valence electrons. The lowest BCUT2D eigenvalue weighted by atomic mass is 10.3. The molecule has 0 fully saturated rings. The predicted octanol–water partition coefficient (Wildman–Crippen LogP) is 3.57. The molecule has 2 aromatic heterocycles. The Labute approximate surface area is 115 Å². The highest BCUT2D eigenvalue weighted by Gasteiger charge is 2.13. The van der Waals surface area contributed by atoms with Crippen molar-refractivity contribution in [2.45, 2.75) is 12.8 Å². The molecule has 2 rings (SSSR count). The number of carboxylic acids is 1. The molecule has 0 unspecified atom stereocenters. The summed E-state index contributed by atoms with van der Waals surface area (Å²) in [5.74, 6) is -0.255. The SMILES string of the molecule is O=C(O)CCc1nc(-c2cc(Br)cs2)c(Cl)[nH]1. The normalized spacial score (nSPS) is 10.7. The van der Waals surface area contributed by atoms with Crippen molar-refractivity contribution >= 4 is 44.8 Å². The largest absolute Gasteiger partial charge is 0.481 e.